The van der Waals surface area contributed by atoms with E-state index in [0.717, 1.165) is 36.1 Å². The quantitative estimate of drug-likeness (QED) is 0.330. The average Bonchev–Trinajstić information content (AvgIpc) is 2.90. The van der Waals surface area contributed by atoms with E-state index in [1.807, 2.05) is 30.3 Å². The van der Waals surface area contributed by atoms with Crippen molar-refractivity contribution in [2.24, 2.45) is 26.9 Å². The summed E-state index contributed by atoms with van der Waals surface area (Å²) in [6.07, 6.45) is 2.56. The monoisotopic (exact) mass is 270 g/mol. The predicted molar refractivity (Wildman–Crippen MR) is 79.4 cm³/mol. The molecule has 104 valence electrons. The third-order valence-corrected chi connectivity index (χ3v) is 3.13. The van der Waals surface area contributed by atoms with Gasteiger partial charge in [-0.15, -0.1) is 5.10 Å². The molecule has 0 fully saturated rings. The molecule has 0 amide bonds. The second-order valence-electron chi connectivity index (χ2n) is 4.59. The Morgan fingerprint density at radius 1 is 1.20 bits per heavy atom. The van der Waals surface area contributed by atoms with Gasteiger partial charge in [0.2, 0.25) is 0 Å². The maximum absolute atomic E-state index is 7.93. The van der Waals surface area contributed by atoms with Crippen LogP contribution in [0.1, 0.15) is 24.8 Å². The van der Waals surface area contributed by atoms with Gasteiger partial charge in [-0.2, -0.15) is 5.11 Å². The smallest absolute Gasteiger partial charge is 0.173 e. The summed E-state index contributed by atoms with van der Waals surface area (Å²) in [6.45, 7) is 0.440. The number of nitrogens with one attached hydrogen (secondary N) is 1. The molecule has 0 spiro atoms. The minimum Gasteiger partial charge on any atom is -0.402 e. The molecular weight excluding hydrogens is 252 g/mol. The highest BCUT2D eigenvalue weighted by atomic mass is 15.4. The Hall–Kier alpha value is -2.50. The van der Waals surface area contributed by atoms with Crippen molar-refractivity contribution in [3.05, 3.63) is 47.2 Å². The van der Waals surface area contributed by atoms with E-state index < -0.39 is 0 Å². The van der Waals surface area contributed by atoms with Crippen molar-refractivity contribution in [2.45, 2.75) is 25.8 Å². The van der Waals surface area contributed by atoms with Gasteiger partial charge in [0.1, 0.15) is 5.71 Å². The van der Waals surface area contributed by atoms with Crippen LogP contribution in [0.25, 0.3) is 0 Å². The number of hydrogen-bond donors (Lipinski definition) is 3. The lowest BCUT2D eigenvalue weighted by Crippen LogP contribution is -2.25. The number of hydrogen-bond acceptors (Lipinski definition) is 4. The highest BCUT2D eigenvalue weighted by molar-refractivity contribution is 6.45. The van der Waals surface area contributed by atoms with Crippen molar-refractivity contribution in [1.82, 2.24) is 0 Å². The van der Waals surface area contributed by atoms with Crippen LogP contribution in [0.4, 0.5) is 0 Å². The van der Waals surface area contributed by atoms with Gasteiger partial charge < -0.3 is 11.5 Å². The lowest BCUT2D eigenvalue weighted by atomic mass is 10.1. The summed E-state index contributed by atoms with van der Waals surface area (Å²) in [4.78, 5) is 0. The second kappa shape index (κ2) is 6.60. The van der Waals surface area contributed by atoms with Gasteiger partial charge in [-0.3, -0.25) is 5.41 Å². The largest absolute Gasteiger partial charge is 0.402 e. The highest BCUT2D eigenvalue weighted by Gasteiger charge is 2.18. The molecule has 0 radical (unpaired) electrons. The number of nitrogens with two attached hydrogens (primary N) is 2. The zero-order valence-electron chi connectivity index (χ0n) is 11.2. The maximum atomic E-state index is 7.93. The van der Waals surface area contributed by atoms with Crippen LogP contribution in [0, 0.1) is 5.41 Å². The normalized spacial score (nSPS) is 16.1. The van der Waals surface area contributed by atoms with E-state index in [1.54, 1.807) is 0 Å². The van der Waals surface area contributed by atoms with E-state index in [2.05, 4.69) is 15.4 Å². The van der Waals surface area contributed by atoms with Crippen LogP contribution in [-0.2, 0) is 6.54 Å². The Balaban J connectivity index is 1.94. The fourth-order valence-electron chi connectivity index (χ4n) is 2.03. The van der Waals surface area contributed by atoms with Crippen molar-refractivity contribution in [2.75, 3.05) is 0 Å². The fourth-order valence-corrected chi connectivity index (χ4v) is 2.03. The Kier molecular flexibility index (Phi) is 4.60. The minimum atomic E-state index is 0.0571. The molecule has 0 atom stereocenters. The lowest BCUT2D eigenvalue weighted by molar-refractivity contribution is 0.891. The zero-order chi connectivity index (χ0) is 14.4. The Bertz CT molecular complexity index is 571. The molecule has 0 aromatic heterocycles. The van der Waals surface area contributed by atoms with Gasteiger partial charge in [0.05, 0.1) is 6.54 Å². The predicted octanol–water partition coefficient (Wildman–Crippen LogP) is 2.33. The van der Waals surface area contributed by atoms with Gasteiger partial charge >= 0.3 is 0 Å². The molecule has 0 bridgehead atoms. The summed E-state index contributed by atoms with van der Waals surface area (Å²) in [7, 11) is 0. The van der Waals surface area contributed by atoms with Crippen LogP contribution in [0.2, 0.25) is 0 Å². The summed E-state index contributed by atoms with van der Waals surface area (Å²) < 4.78 is 0. The minimum absolute atomic E-state index is 0.0571. The standard InChI is InChI=1S/C14H18N6/c15-12-8-4-7-11(12)13(16)14(17)19-20-18-9-10-5-2-1-3-6-10/h1-3,5-6,16H,4,7-9,15H2,(H2,17,18,19). The summed E-state index contributed by atoms with van der Waals surface area (Å²) in [5.41, 5.74) is 14.3. The van der Waals surface area contributed by atoms with Gasteiger partial charge in [-0.05, 0) is 35.6 Å². The molecule has 20 heavy (non-hydrogen) atoms. The van der Waals surface area contributed by atoms with E-state index in [-0.39, 0.29) is 11.5 Å². The third kappa shape index (κ3) is 3.50. The average molecular weight is 270 g/mol. The van der Waals surface area contributed by atoms with Crippen LogP contribution in [0.3, 0.4) is 0 Å². The number of rotatable bonds is 5. The Morgan fingerprint density at radius 2 is 1.95 bits per heavy atom. The molecule has 5 N–H and O–H groups in total. The molecule has 0 heterocycles. The SMILES string of the molecule is N=C(C1=C(N)CCC1)/C(N)=N/N=NCc1ccccc1. The van der Waals surface area contributed by atoms with Crippen LogP contribution in [-0.4, -0.2) is 11.5 Å². The Labute approximate surface area is 117 Å². The number of nitrogens with zero attached hydrogens (tertiary/aromatic N) is 3. The molecule has 0 saturated heterocycles. The first-order chi connectivity index (χ1) is 9.68. The van der Waals surface area contributed by atoms with Crippen LogP contribution < -0.4 is 11.5 Å². The molecule has 0 unspecified atom stereocenters. The molecule has 6 heteroatoms. The van der Waals surface area contributed by atoms with Crippen molar-refractivity contribution in [3.63, 3.8) is 0 Å². The summed E-state index contributed by atoms with van der Waals surface area (Å²) >= 11 is 0. The van der Waals surface area contributed by atoms with Gasteiger partial charge in [-0.1, -0.05) is 30.3 Å². The van der Waals surface area contributed by atoms with Gasteiger partial charge in [-0.25, -0.2) is 0 Å². The first kappa shape index (κ1) is 13.9. The lowest BCUT2D eigenvalue weighted by Gasteiger charge is -2.03. The van der Waals surface area contributed by atoms with Crippen LogP contribution >= 0.6 is 0 Å². The molecule has 0 aliphatic heterocycles. The zero-order valence-corrected chi connectivity index (χ0v) is 11.2. The van der Waals surface area contributed by atoms with Crippen LogP contribution in [0.5, 0.6) is 0 Å². The Morgan fingerprint density at radius 3 is 2.60 bits per heavy atom. The number of amidine groups is 1. The third-order valence-electron chi connectivity index (χ3n) is 3.13. The molecule has 0 saturated carbocycles. The van der Waals surface area contributed by atoms with Gasteiger partial charge in [0.25, 0.3) is 0 Å². The van der Waals surface area contributed by atoms with E-state index in [9.17, 15) is 0 Å². The van der Waals surface area contributed by atoms with E-state index in [4.69, 9.17) is 16.9 Å². The van der Waals surface area contributed by atoms with Gasteiger partial charge in [0, 0.05) is 5.70 Å². The second-order valence-corrected chi connectivity index (χ2v) is 4.59. The van der Waals surface area contributed by atoms with Crippen LogP contribution in [0.15, 0.2) is 57.0 Å². The maximum Gasteiger partial charge on any atom is 0.173 e. The molecule has 6 nitrogen and oxygen atoms in total. The molecule has 1 aromatic carbocycles. The van der Waals surface area contributed by atoms with Crippen molar-refractivity contribution >= 4 is 11.5 Å². The fraction of sp³-hybridized carbons (Fsp3) is 0.286. The molecule has 1 aliphatic rings. The first-order valence-corrected chi connectivity index (χ1v) is 6.49. The summed E-state index contributed by atoms with van der Waals surface area (Å²) in [5, 5.41) is 19.3. The topological polar surface area (TPSA) is 113 Å². The summed E-state index contributed by atoms with van der Waals surface area (Å²) in [6, 6.07) is 9.73. The van der Waals surface area contributed by atoms with Crippen molar-refractivity contribution < 1.29 is 0 Å². The first-order valence-electron chi connectivity index (χ1n) is 6.49. The number of benzene rings is 1. The molecule has 2 rings (SSSR count). The molecule has 1 aliphatic carbocycles. The van der Waals surface area contributed by atoms with Gasteiger partial charge in [0.15, 0.2) is 5.84 Å². The van der Waals surface area contributed by atoms with Crippen molar-refractivity contribution in [3.8, 4) is 0 Å². The molecule has 1 aromatic rings. The van der Waals surface area contributed by atoms with E-state index >= 15 is 0 Å². The van der Waals surface area contributed by atoms with E-state index in [1.165, 1.54) is 0 Å². The van der Waals surface area contributed by atoms with E-state index in [0.29, 0.717) is 6.54 Å². The summed E-state index contributed by atoms with van der Waals surface area (Å²) in [5.74, 6) is 0.0571. The highest BCUT2D eigenvalue weighted by Crippen LogP contribution is 2.22. The number of allylic oxidation sites excluding steroid dienone is 1. The molecular formula is C14H18N6. The van der Waals surface area contributed by atoms with Crippen molar-refractivity contribution in [1.29, 1.82) is 5.41 Å².